The van der Waals surface area contributed by atoms with Gasteiger partial charge in [-0.1, -0.05) is 0 Å². The van der Waals surface area contributed by atoms with E-state index in [9.17, 15) is 9.90 Å². The van der Waals surface area contributed by atoms with E-state index >= 15 is 0 Å². The summed E-state index contributed by atoms with van der Waals surface area (Å²) in [4.78, 5) is 11.2. The molecule has 0 aliphatic carbocycles. The van der Waals surface area contributed by atoms with Crippen molar-refractivity contribution in [3.8, 4) is 0 Å². The molecule has 7 heteroatoms. The summed E-state index contributed by atoms with van der Waals surface area (Å²) in [6.07, 6.45) is 2.10. The third kappa shape index (κ3) is 5.97. The lowest BCUT2D eigenvalue weighted by molar-refractivity contribution is -0.238. The molecule has 0 aromatic heterocycles. The fourth-order valence-corrected chi connectivity index (χ4v) is 3.02. The highest BCUT2D eigenvalue weighted by Crippen LogP contribution is 2.29. The standard InChI is InChI=1S/C17H30O7/c1-17(2)22-11-13(24-17)16(23-15-9-4-5-10-21-15)12(18)7-6-8-14(19)20-3/h12-13,15-16,18H,4-11H2,1-3H3/t12-,13-,15?,16+/m1/s1. The number of esters is 1. The van der Waals surface area contributed by atoms with E-state index in [4.69, 9.17) is 18.9 Å². The van der Waals surface area contributed by atoms with Crippen molar-refractivity contribution < 1.29 is 33.6 Å². The summed E-state index contributed by atoms with van der Waals surface area (Å²) in [6, 6.07) is 0. The zero-order valence-electron chi connectivity index (χ0n) is 14.9. The largest absolute Gasteiger partial charge is 0.469 e. The Balaban J connectivity index is 1.91. The van der Waals surface area contributed by atoms with E-state index in [-0.39, 0.29) is 24.8 Å². The minimum atomic E-state index is -0.761. The molecule has 0 saturated carbocycles. The third-order valence-electron chi connectivity index (χ3n) is 4.33. The highest BCUT2D eigenvalue weighted by atomic mass is 16.8. The van der Waals surface area contributed by atoms with Gasteiger partial charge in [-0.05, 0) is 46.0 Å². The van der Waals surface area contributed by atoms with Crippen LogP contribution in [0, 0.1) is 0 Å². The second-order valence-electron chi connectivity index (χ2n) is 6.80. The average molecular weight is 346 g/mol. The van der Waals surface area contributed by atoms with Gasteiger partial charge in [-0.25, -0.2) is 0 Å². The van der Waals surface area contributed by atoms with Gasteiger partial charge >= 0.3 is 5.97 Å². The first-order valence-electron chi connectivity index (χ1n) is 8.75. The van der Waals surface area contributed by atoms with Gasteiger partial charge in [0.15, 0.2) is 12.1 Å². The second kappa shape index (κ2) is 9.10. The quantitative estimate of drug-likeness (QED) is 0.670. The summed E-state index contributed by atoms with van der Waals surface area (Å²) >= 11 is 0. The minimum absolute atomic E-state index is 0.272. The van der Waals surface area contributed by atoms with Crippen LogP contribution in [0.1, 0.15) is 52.4 Å². The summed E-state index contributed by atoms with van der Waals surface area (Å²) in [5.41, 5.74) is 0. The van der Waals surface area contributed by atoms with Crippen molar-refractivity contribution in [3.63, 3.8) is 0 Å². The predicted octanol–water partition coefficient (Wildman–Crippen LogP) is 1.75. The highest BCUT2D eigenvalue weighted by Gasteiger charge is 2.42. The zero-order valence-corrected chi connectivity index (χ0v) is 14.9. The van der Waals surface area contributed by atoms with Gasteiger partial charge < -0.3 is 28.8 Å². The summed E-state index contributed by atoms with van der Waals surface area (Å²) in [7, 11) is 1.36. The molecule has 24 heavy (non-hydrogen) atoms. The molecule has 1 N–H and O–H groups in total. The molecule has 7 nitrogen and oxygen atoms in total. The molecular weight excluding hydrogens is 316 g/mol. The van der Waals surface area contributed by atoms with Gasteiger partial charge in [0.05, 0.1) is 19.8 Å². The first-order chi connectivity index (χ1) is 11.4. The number of carbonyl (C=O) groups excluding carboxylic acids is 1. The number of methoxy groups -OCH3 is 1. The maximum atomic E-state index is 11.2. The van der Waals surface area contributed by atoms with Crippen LogP contribution < -0.4 is 0 Å². The smallest absolute Gasteiger partial charge is 0.305 e. The van der Waals surface area contributed by atoms with Crippen LogP contribution in [0.2, 0.25) is 0 Å². The molecule has 2 fully saturated rings. The number of carbonyl (C=O) groups is 1. The second-order valence-corrected chi connectivity index (χ2v) is 6.80. The molecule has 1 unspecified atom stereocenters. The van der Waals surface area contributed by atoms with Gasteiger partial charge in [0.25, 0.3) is 0 Å². The van der Waals surface area contributed by atoms with Crippen LogP contribution >= 0.6 is 0 Å². The maximum Gasteiger partial charge on any atom is 0.305 e. The van der Waals surface area contributed by atoms with Crippen LogP contribution in [0.25, 0.3) is 0 Å². The number of hydrogen-bond donors (Lipinski definition) is 1. The summed E-state index contributed by atoms with van der Waals surface area (Å²) in [5.74, 6) is -0.970. The molecule has 2 heterocycles. The Kier molecular flexibility index (Phi) is 7.43. The van der Waals surface area contributed by atoms with Crippen LogP contribution in [0.5, 0.6) is 0 Å². The fraction of sp³-hybridized carbons (Fsp3) is 0.941. The number of rotatable bonds is 8. The molecule has 2 aliphatic rings. The van der Waals surface area contributed by atoms with E-state index in [1.165, 1.54) is 7.11 Å². The van der Waals surface area contributed by atoms with Gasteiger partial charge in [-0.3, -0.25) is 4.79 Å². The molecular formula is C17H30O7. The lowest BCUT2D eigenvalue weighted by Gasteiger charge is -2.33. The molecule has 2 rings (SSSR count). The summed E-state index contributed by atoms with van der Waals surface area (Å²) in [6.45, 7) is 4.71. The van der Waals surface area contributed by atoms with Gasteiger partial charge in [-0.2, -0.15) is 0 Å². The van der Waals surface area contributed by atoms with Gasteiger partial charge in [0, 0.05) is 13.0 Å². The van der Waals surface area contributed by atoms with E-state index in [1.807, 2.05) is 13.8 Å². The Morgan fingerprint density at radius 1 is 1.38 bits per heavy atom. The van der Waals surface area contributed by atoms with E-state index in [1.54, 1.807) is 0 Å². The van der Waals surface area contributed by atoms with Crippen molar-refractivity contribution >= 4 is 5.97 Å². The Morgan fingerprint density at radius 2 is 2.17 bits per heavy atom. The van der Waals surface area contributed by atoms with Gasteiger partial charge in [0.1, 0.15) is 12.2 Å². The van der Waals surface area contributed by atoms with Crippen molar-refractivity contribution in [1.82, 2.24) is 0 Å². The van der Waals surface area contributed by atoms with E-state index in [2.05, 4.69) is 4.74 Å². The Labute approximate surface area is 143 Å². The maximum absolute atomic E-state index is 11.2. The molecule has 0 aromatic carbocycles. The van der Waals surface area contributed by atoms with Crippen LogP contribution in [0.3, 0.4) is 0 Å². The van der Waals surface area contributed by atoms with Gasteiger partial charge in [0.2, 0.25) is 0 Å². The topological polar surface area (TPSA) is 83.5 Å². The molecule has 0 radical (unpaired) electrons. The third-order valence-corrected chi connectivity index (χ3v) is 4.33. The minimum Gasteiger partial charge on any atom is -0.469 e. The number of hydrogen-bond acceptors (Lipinski definition) is 7. The van der Waals surface area contributed by atoms with Crippen LogP contribution in [-0.4, -0.2) is 61.8 Å². The summed E-state index contributed by atoms with van der Waals surface area (Å²) in [5, 5.41) is 10.6. The van der Waals surface area contributed by atoms with Crippen molar-refractivity contribution in [2.45, 2.75) is 82.8 Å². The molecule has 2 saturated heterocycles. The lowest BCUT2D eigenvalue weighted by Crippen LogP contribution is -2.45. The van der Waals surface area contributed by atoms with Crippen molar-refractivity contribution in [3.05, 3.63) is 0 Å². The Hall–Kier alpha value is -0.730. The average Bonchev–Trinajstić information content (AvgIpc) is 2.93. The normalized spacial score (nSPS) is 29.2. The molecule has 0 bridgehead atoms. The van der Waals surface area contributed by atoms with Crippen LogP contribution in [0.15, 0.2) is 0 Å². The molecule has 140 valence electrons. The number of aliphatic hydroxyl groups is 1. The number of ether oxygens (including phenoxy) is 5. The Bertz CT molecular complexity index is 392. The predicted molar refractivity (Wildman–Crippen MR) is 85.2 cm³/mol. The van der Waals surface area contributed by atoms with Crippen LogP contribution in [-0.2, 0) is 28.5 Å². The fourth-order valence-electron chi connectivity index (χ4n) is 3.02. The lowest BCUT2D eigenvalue weighted by atomic mass is 10.0. The van der Waals surface area contributed by atoms with Crippen molar-refractivity contribution in [2.24, 2.45) is 0 Å². The molecule has 2 aliphatic heterocycles. The van der Waals surface area contributed by atoms with E-state index in [0.717, 1.165) is 19.3 Å². The molecule has 0 aromatic rings. The van der Waals surface area contributed by atoms with Gasteiger partial charge in [-0.15, -0.1) is 0 Å². The molecule has 0 amide bonds. The van der Waals surface area contributed by atoms with Crippen molar-refractivity contribution in [2.75, 3.05) is 20.3 Å². The molecule has 4 atom stereocenters. The van der Waals surface area contributed by atoms with Crippen LogP contribution in [0.4, 0.5) is 0 Å². The summed E-state index contributed by atoms with van der Waals surface area (Å²) < 4.78 is 27.7. The van der Waals surface area contributed by atoms with E-state index < -0.39 is 18.0 Å². The van der Waals surface area contributed by atoms with Crippen molar-refractivity contribution in [1.29, 1.82) is 0 Å². The SMILES string of the molecule is COC(=O)CCC[C@@H](O)[C@H](OC1CCCCO1)[C@H]1COC(C)(C)O1. The molecule has 0 spiro atoms. The number of aliphatic hydroxyl groups excluding tert-OH is 1. The zero-order chi connectivity index (χ0) is 17.6. The highest BCUT2D eigenvalue weighted by molar-refractivity contribution is 5.68. The first-order valence-corrected chi connectivity index (χ1v) is 8.75. The first kappa shape index (κ1) is 19.6. The van der Waals surface area contributed by atoms with E-state index in [0.29, 0.717) is 26.1 Å². The Morgan fingerprint density at radius 3 is 2.75 bits per heavy atom. The monoisotopic (exact) mass is 346 g/mol.